The second kappa shape index (κ2) is 4.72. The predicted molar refractivity (Wildman–Crippen MR) is 64.0 cm³/mol. The predicted octanol–water partition coefficient (Wildman–Crippen LogP) is 1.26. The van der Waals surface area contributed by atoms with Gasteiger partial charge >= 0.3 is 11.9 Å². The number of nitrogens with one attached hydrogen (secondary N) is 1. The van der Waals surface area contributed by atoms with Crippen LogP contribution in [0.2, 0.25) is 0 Å². The Bertz CT molecular complexity index is 451. The van der Waals surface area contributed by atoms with Crippen LogP contribution in [0.15, 0.2) is 23.1 Å². The standard InChI is InChI=1S/C12H17NO5/c1-6-4-7(2)13-12(3,10(6)16)8(11(17)18)5-9(14)15/h4,8,13,16H,5H2,1-3H3,(H,14,15)(H,17,18). The highest BCUT2D eigenvalue weighted by molar-refractivity contribution is 5.80. The van der Waals surface area contributed by atoms with E-state index < -0.39 is 29.8 Å². The Balaban J connectivity index is 3.22. The fraction of sp³-hybridized carbons (Fsp3) is 0.500. The van der Waals surface area contributed by atoms with Crippen LogP contribution in [0.4, 0.5) is 0 Å². The smallest absolute Gasteiger partial charge is 0.309 e. The average Bonchev–Trinajstić information content (AvgIpc) is 2.21. The maximum atomic E-state index is 11.2. The summed E-state index contributed by atoms with van der Waals surface area (Å²) < 4.78 is 0. The molecule has 18 heavy (non-hydrogen) atoms. The third kappa shape index (κ3) is 2.47. The molecule has 1 aliphatic rings. The zero-order valence-corrected chi connectivity index (χ0v) is 10.5. The highest BCUT2D eigenvalue weighted by Crippen LogP contribution is 2.33. The molecule has 0 bridgehead atoms. The Hall–Kier alpha value is -1.98. The molecule has 1 heterocycles. The lowest BCUT2D eigenvalue weighted by Gasteiger charge is -2.39. The van der Waals surface area contributed by atoms with Crippen LogP contribution in [-0.2, 0) is 9.59 Å². The number of aliphatic carboxylic acids is 2. The molecule has 0 amide bonds. The molecule has 1 rings (SSSR count). The van der Waals surface area contributed by atoms with Gasteiger partial charge < -0.3 is 20.6 Å². The van der Waals surface area contributed by atoms with E-state index in [-0.39, 0.29) is 5.76 Å². The van der Waals surface area contributed by atoms with Crippen molar-refractivity contribution in [1.29, 1.82) is 0 Å². The maximum Gasteiger partial charge on any atom is 0.309 e. The fourth-order valence-corrected chi connectivity index (χ4v) is 2.27. The normalized spacial score (nSPS) is 25.2. The summed E-state index contributed by atoms with van der Waals surface area (Å²) in [6.45, 7) is 4.87. The Labute approximate surface area is 105 Å². The van der Waals surface area contributed by atoms with E-state index in [4.69, 9.17) is 5.11 Å². The molecule has 2 unspecified atom stereocenters. The van der Waals surface area contributed by atoms with Gasteiger partial charge in [0.15, 0.2) is 0 Å². The Morgan fingerprint density at radius 3 is 2.39 bits per heavy atom. The van der Waals surface area contributed by atoms with Crippen LogP contribution < -0.4 is 5.32 Å². The maximum absolute atomic E-state index is 11.2. The van der Waals surface area contributed by atoms with E-state index in [0.717, 1.165) is 0 Å². The molecule has 1 aliphatic heterocycles. The number of hydrogen-bond donors (Lipinski definition) is 4. The van der Waals surface area contributed by atoms with Gasteiger partial charge in [0.2, 0.25) is 0 Å². The lowest BCUT2D eigenvalue weighted by atomic mass is 9.78. The SMILES string of the molecule is CC1=CC(C)=C(O)C(C)(C(CC(=O)O)C(=O)O)N1. The molecular formula is C12H17NO5. The van der Waals surface area contributed by atoms with Crippen molar-refractivity contribution in [2.45, 2.75) is 32.7 Å². The molecular weight excluding hydrogens is 238 g/mol. The first-order valence-electron chi connectivity index (χ1n) is 5.50. The highest BCUT2D eigenvalue weighted by atomic mass is 16.4. The average molecular weight is 255 g/mol. The molecule has 0 aliphatic carbocycles. The van der Waals surface area contributed by atoms with Crippen molar-refractivity contribution in [2.24, 2.45) is 5.92 Å². The number of carbonyl (C=O) groups is 2. The number of carboxylic acids is 2. The number of aliphatic hydroxyl groups is 1. The summed E-state index contributed by atoms with van der Waals surface area (Å²) >= 11 is 0. The molecule has 0 saturated heterocycles. The number of hydrogen-bond acceptors (Lipinski definition) is 4. The number of carboxylic acid groups (broad SMARTS) is 2. The van der Waals surface area contributed by atoms with Gasteiger partial charge in [0.05, 0.1) is 12.3 Å². The molecule has 4 N–H and O–H groups in total. The fourth-order valence-electron chi connectivity index (χ4n) is 2.27. The number of dihydropyridines is 1. The Morgan fingerprint density at radius 2 is 1.94 bits per heavy atom. The van der Waals surface area contributed by atoms with E-state index in [2.05, 4.69) is 5.32 Å². The minimum Gasteiger partial charge on any atom is -0.510 e. The van der Waals surface area contributed by atoms with Gasteiger partial charge in [-0.25, -0.2) is 0 Å². The van der Waals surface area contributed by atoms with Crippen LogP contribution >= 0.6 is 0 Å². The van der Waals surface area contributed by atoms with Crippen molar-refractivity contribution in [1.82, 2.24) is 5.32 Å². The topological polar surface area (TPSA) is 107 Å². The molecule has 0 aromatic rings. The van der Waals surface area contributed by atoms with Crippen LogP contribution in [0.3, 0.4) is 0 Å². The van der Waals surface area contributed by atoms with Crippen molar-refractivity contribution in [3.05, 3.63) is 23.1 Å². The zero-order valence-electron chi connectivity index (χ0n) is 10.5. The molecule has 2 atom stereocenters. The van der Waals surface area contributed by atoms with E-state index in [9.17, 15) is 19.8 Å². The number of aliphatic hydroxyl groups excluding tert-OH is 1. The van der Waals surface area contributed by atoms with E-state index >= 15 is 0 Å². The molecule has 0 radical (unpaired) electrons. The summed E-state index contributed by atoms with van der Waals surface area (Å²) in [7, 11) is 0. The monoisotopic (exact) mass is 255 g/mol. The molecule has 0 aromatic heterocycles. The summed E-state index contributed by atoms with van der Waals surface area (Å²) in [5.41, 5.74) is -0.0949. The van der Waals surface area contributed by atoms with Gasteiger partial charge in [-0.3, -0.25) is 9.59 Å². The first kappa shape index (κ1) is 14.1. The summed E-state index contributed by atoms with van der Waals surface area (Å²) in [5.74, 6) is -3.88. The molecule has 0 aromatic carbocycles. The van der Waals surface area contributed by atoms with Gasteiger partial charge in [-0.15, -0.1) is 0 Å². The minimum atomic E-state index is -1.31. The van der Waals surface area contributed by atoms with Crippen LogP contribution in [0.5, 0.6) is 0 Å². The van der Waals surface area contributed by atoms with E-state index in [1.165, 1.54) is 6.92 Å². The largest absolute Gasteiger partial charge is 0.510 e. The Morgan fingerprint density at radius 1 is 1.39 bits per heavy atom. The first-order chi connectivity index (χ1) is 8.18. The van der Waals surface area contributed by atoms with E-state index in [1.54, 1.807) is 19.9 Å². The van der Waals surface area contributed by atoms with Crippen LogP contribution in [0, 0.1) is 5.92 Å². The van der Waals surface area contributed by atoms with Crippen molar-refractivity contribution in [3.8, 4) is 0 Å². The van der Waals surface area contributed by atoms with Crippen molar-refractivity contribution in [2.75, 3.05) is 0 Å². The van der Waals surface area contributed by atoms with E-state index in [1.807, 2.05) is 0 Å². The van der Waals surface area contributed by atoms with Gasteiger partial charge in [0.25, 0.3) is 0 Å². The summed E-state index contributed by atoms with van der Waals surface area (Å²) in [6, 6.07) is 0. The lowest BCUT2D eigenvalue weighted by Crippen LogP contribution is -2.54. The highest BCUT2D eigenvalue weighted by Gasteiger charge is 2.45. The zero-order chi connectivity index (χ0) is 14.1. The van der Waals surface area contributed by atoms with Crippen molar-refractivity contribution < 1.29 is 24.9 Å². The van der Waals surface area contributed by atoms with Crippen LogP contribution in [0.25, 0.3) is 0 Å². The second-order valence-electron chi connectivity index (χ2n) is 4.68. The molecule has 6 heteroatoms. The van der Waals surface area contributed by atoms with Gasteiger partial charge in [0, 0.05) is 5.70 Å². The first-order valence-corrected chi connectivity index (χ1v) is 5.50. The van der Waals surface area contributed by atoms with Crippen LogP contribution in [0.1, 0.15) is 27.2 Å². The number of rotatable bonds is 4. The van der Waals surface area contributed by atoms with E-state index in [0.29, 0.717) is 11.3 Å². The minimum absolute atomic E-state index is 0.137. The van der Waals surface area contributed by atoms with Crippen LogP contribution in [-0.4, -0.2) is 32.8 Å². The lowest BCUT2D eigenvalue weighted by molar-refractivity contribution is -0.151. The van der Waals surface area contributed by atoms with Crippen molar-refractivity contribution >= 4 is 11.9 Å². The summed E-state index contributed by atoms with van der Waals surface area (Å²) in [5, 5.41) is 30.9. The molecule has 6 nitrogen and oxygen atoms in total. The quantitative estimate of drug-likeness (QED) is 0.602. The van der Waals surface area contributed by atoms with Gasteiger partial charge in [-0.05, 0) is 32.4 Å². The third-order valence-electron chi connectivity index (χ3n) is 3.13. The molecule has 0 fully saturated rings. The third-order valence-corrected chi connectivity index (χ3v) is 3.13. The number of allylic oxidation sites excluding steroid dienone is 3. The second-order valence-corrected chi connectivity index (χ2v) is 4.68. The van der Waals surface area contributed by atoms with Gasteiger partial charge in [-0.2, -0.15) is 0 Å². The molecule has 0 spiro atoms. The molecule has 100 valence electrons. The van der Waals surface area contributed by atoms with Gasteiger partial charge in [-0.1, -0.05) is 0 Å². The van der Waals surface area contributed by atoms with Crippen molar-refractivity contribution in [3.63, 3.8) is 0 Å². The summed E-state index contributed by atoms with van der Waals surface area (Å²) in [6.07, 6.45) is 1.11. The molecule has 0 saturated carbocycles. The summed E-state index contributed by atoms with van der Waals surface area (Å²) in [4.78, 5) is 22.0. The Kier molecular flexibility index (Phi) is 3.69. The van der Waals surface area contributed by atoms with Gasteiger partial charge in [0.1, 0.15) is 11.3 Å².